The van der Waals surface area contributed by atoms with E-state index in [1.54, 1.807) is 29.2 Å². The SMILES string of the molecule is CCCC(C)NC(=O)C1N([C@@H](CO)Cc2ccccc2)C(=O)[C@@H]2[C@H](C(=O)Nc3ccc(OCC)cc3)[C@]3(CC)CCC12O3. The van der Waals surface area contributed by atoms with Gasteiger partial charge in [-0.05, 0) is 75.8 Å². The molecule has 7 atom stereocenters. The molecule has 9 nitrogen and oxygen atoms in total. The van der Waals surface area contributed by atoms with Crippen LogP contribution in [0.3, 0.4) is 0 Å². The molecule has 3 unspecified atom stereocenters. The fourth-order valence-corrected chi connectivity index (χ4v) is 7.73. The van der Waals surface area contributed by atoms with Crippen molar-refractivity contribution in [3.8, 4) is 5.75 Å². The van der Waals surface area contributed by atoms with Gasteiger partial charge in [0.1, 0.15) is 17.4 Å². The minimum atomic E-state index is -1.16. The highest BCUT2D eigenvalue weighted by Gasteiger charge is 2.79. The van der Waals surface area contributed by atoms with Gasteiger partial charge in [-0.25, -0.2) is 0 Å². The van der Waals surface area contributed by atoms with Crippen LogP contribution < -0.4 is 15.4 Å². The van der Waals surface area contributed by atoms with Crippen LogP contribution in [0.1, 0.15) is 65.4 Å². The number of amides is 3. The number of anilines is 1. The number of nitrogens with zero attached hydrogens (tertiary/aromatic N) is 1. The van der Waals surface area contributed by atoms with Gasteiger partial charge in [-0.2, -0.15) is 0 Å². The second-order valence-corrected chi connectivity index (χ2v) is 12.2. The molecular formula is C34H45N3O6. The van der Waals surface area contributed by atoms with Gasteiger partial charge < -0.3 is 30.1 Å². The first-order valence-electron chi connectivity index (χ1n) is 15.7. The molecule has 2 aromatic carbocycles. The molecule has 0 saturated carbocycles. The third-order valence-electron chi connectivity index (χ3n) is 9.61. The summed E-state index contributed by atoms with van der Waals surface area (Å²) in [7, 11) is 0. The molecule has 3 amide bonds. The minimum absolute atomic E-state index is 0.0934. The summed E-state index contributed by atoms with van der Waals surface area (Å²) < 4.78 is 12.4. The molecule has 3 saturated heterocycles. The number of carbonyl (C=O) groups excluding carboxylic acids is 3. The molecule has 0 radical (unpaired) electrons. The van der Waals surface area contributed by atoms with Gasteiger partial charge in [0.15, 0.2) is 0 Å². The number of nitrogens with one attached hydrogen (secondary N) is 2. The van der Waals surface area contributed by atoms with Crippen molar-refractivity contribution in [2.45, 2.75) is 95.5 Å². The molecular weight excluding hydrogens is 546 g/mol. The number of hydrogen-bond donors (Lipinski definition) is 3. The number of ether oxygens (including phenoxy) is 2. The number of fused-ring (bicyclic) bond motifs is 1. The Morgan fingerprint density at radius 3 is 2.42 bits per heavy atom. The molecule has 3 heterocycles. The van der Waals surface area contributed by atoms with Gasteiger partial charge in [0.05, 0.1) is 36.7 Å². The van der Waals surface area contributed by atoms with Gasteiger partial charge in [0.2, 0.25) is 17.7 Å². The summed E-state index contributed by atoms with van der Waals surface area (Å²) in [5, 5.41) is 16.8. The van der Waals surface area contributed by atoms with Gasteiger partial charge in [0, 0.05) is 11.7 Å². The van der Waals surface area contributed by atoms with Gasteiger partial charge in [-0.3, -0.25) is 14.4 Å². The van der Waals surface area contributed by atoms with Crippen LogP contribution in [0.25, 0.3) is 0 Å². The van der Waals surface area contributed by atoms with Crippen molar-refractivity contribution in [2.24, 2.45) is 11.8 Å². The van der Waals surface area contributed by atoms with Gasteiger partial charge in [0.25, 0.3) is 0 Å². The van der Waals surface area contributed by atoms with Crippen LogP contribution in [0.4, 0.5) is 5.69 Å². The molecule has 5 rings (SSSR count). The Morgan fingerprint density at radius 1 is 1.07 bits per heavy atom. The summed E-state index contributed by atoms with van der Waals surface area (Å²) in [5.41, 5.74) is -0.473. The number of aliphatic hydroxyl groups is 1. The number of likely N-dealkylation sites (tertiary alicyclic amines) is 1. The van der Waals surface area contributed by atoms with Crippen LogP contribution in [-0.4, -0.2) is 70.3 Å². The van der Waals surface area contributed by atoms with E-state index in [1.807, 2.05) is 51.1 Å². The highest BCUT2D eigenvalue weighted by Crippen LogP contribution is 2.64. The average molecular weight is 592 g/mol. The number of carbonyl (C=O) groups is 3. The van der Waals surface area contributed by atoms with Crippen LogP contribution in [0.5, 0.6) is 5.75 Å². The lowest BCUT2D eigenvalue weighted by molar-refractivity contribution is -0.150. The van der Waals surface area contributed by atoms with E-state index in [0.717, 1.165) is 18.4 Å². The van der Waals surface area contributed by atoms with Crippen LogP contribution in [0, 0.1) is 11.8 Å². The van der Waals surface area contributed by atoms with Crippen LogP contribution >= 0.6 is 0 Å². The van der Waals surface area contributed by atoms with E-state index < -0.39 is 35.1 Å². The fourth-order valence-electron chi connectivity index (χ4n) is 7.73. The molecule has 43 heavy (non-hydrogen) atoms. The number of hydrogen-bond acceptors (Lipinski definition) is 6. The van der Waals surface area contributed by atoms with Crippen molar-refractivity contribution >= 4 is 23.4 Å². The van der Waals surface area contributed by atoms with Crippen LogP contribution in [-0.2, 0) is 25.5 Å². The molecule has 3 aliphatic heterocycles. The van der Waals surface area contributed by atoms with Crippen molar-refractivity contribution < 1.29 is 29.0 Å². The Labute approximate surface area is 254 Å². The average Bonchev–Trinajstić information content (AvgIpc) is 3.61. The first-order chi connectivity index (χ1) is 20.7. The summed E-state index contributed by atoms with van der Waals surface area (Å²) in [4.78, 5) is 44.4. The zero-order valence-corrected chi connectivity index (χ0v) is 25.7. The standard InChI is InChI=1S/C34H45N3O6/c1-5-11-22(4)35-31(40)29-34-19-18-33(6-2,43-34)27(30(39)36-24-14-16-26(17-15-24)42-7-3)28(34)32(41)37(29)25(21-38)20-23-12-9-8-10-13-23/h8-10,12-17,22,25,27-29,38H,5-7,11,18-21H2,1-4H3,(H,35,40)(H,36,39)/t22?,25-,27-,28+,29?,33+,34?/m1/s1. The molecule has 9 heteroatoms. The second-order valence-electron chi connectivity index (χ2n) is 12.2. The first kappa shape index (κ1) is 31.0. The molecule has 3 N–H and O–H groups in total. The Balaban J connectivity index is 1.52. The summed E-state index contributed by atoms with van der Waals surface area (Å²) in [6, 6.07) is 15.1. The Hall–Kier alpha value is -3.43. The van der Waals surface area contributed by atoms with E-state index in [2.05, 4.69) is 17.6 Å². The summed E-state index contributed by atoms with van der Waals surface area (Å²) in [6.45, 7) is 8.12. The van der Waals surface area contributed by atoms with Crippen molar-refractivity contribution in [3.63, 3.8) is 0 Å². The highest BCUT2D eigenvalue weighted by molar-refractivity contribution is 6.02. The van der Waals surface area contributed by atoms with Gasteiger partial charge >= 0.3 is 0 Å². The Kier molecular flexibility index (Phi) is 9.13. The van der Waals surface area contributed by atoms with E-state index in [4.69, 9.17) is 9.47 Å². The van der Waals surface area contributed by atoms with E-state index in [0.29, 0.717) is 43.7 Å². The molecule has 1 spiro atoms. The molecule has 3 aliphatic rings. The topological polar surface area (TPSA) is 117 Å². The summed E-state index contributed by atoms with van der Waals surface area (Å²) in [6.07, 6.45) is 3.67. The summed E-state index contributed by atoms with van der Waals surface area (Å²) >= 11 is 0. The largest absolute Gasteiger partial charge is 0.494 e. The molecule has 0 aromatic heterocycles. The zero-order valence-electron chi connectivity index (χ0n) is 25.7. The zero-order chi connectivity index (χ0) is 30.8. The predicted octanol–water partition coefficient (Wildman–Crippen LogP) is 4.09. The minimum Gasteiger partial charge on any atom is -0.494 e. The second kappa shape index (κ2) is 12.7. The number of aliphatic hydroxyl groups excluding tert-OH is 1. The smallest absolute Gasteiger partial charge is 0.246 e. The predicted molar refractivity (Wildman–Crippen MR) is 163 cm³/mol. The van der Waals surface area contributed by atoms with E-state index >= 15 is 0 Å². The highest BCUT2D eigenvalue weighted by atomic mass is 16.5. The quantitative estimate of drug-likeness (QED) is 0.323. The Morgan fingerprint density at radius 2 is 1.79 bits per heavy atom. The number of benzene rings is 2. The lowest BCUT2D eigenvalue weighted by Crippen LogP contribution is -2.59. The van der Waals surface area contributed by atoms with E-state index in [-0.39, 0.29) is 30.4 Å². The van der Waals surface area contributed by atoms with Gasteiger partial charge in [-0.15, -0.1) is 0 Å². The van der Waals surface area contributed by atoms with Crippen LogP contribution in [0.2, 0.25) is 0 Å². The van der Waals surface area contributed by atoms with E-state index in [1.165, 1.54) is 0 Å². The molecule has 0 aliphatic carbocycles. The van der Waals surface area contributed by atoms with Crippen molar-refractivity contribution in [3.05, 3.63) is 60.2 Å². The molecule has 232 valence electrons. The van der Waals surface area contributed by atoms with Gasteiger partial charge in [-0.1, -0.05) is 50.6 Å². The lowest BCUT2D eigenvalue weighted by Gasteiger charge is -2.38. The third kappa shape index (κ3) is 5.53. The molecule has 3 fully saturated rings. The monoisotopic (exact) mass is 591 g/mol. The van der Waals surface area contributed by atoms with Crippen LogP contribution in [0.15, 0.2) is 54.6 Å². The van der Waals surface area contributed by atoms with Crippen molar-refractivity contribution in [2.75, 3.05) is 18.5 Å². The van der Waals surface area contributed by atoms with Crippen molar-refractivity contribution in [1.29, 1.82) is 0 Å². The third-order valence-corrected chi connectivity index (χ3v) is 9.61. The Bertz CT molecular complexity index is 1300. The van der Waals surface area contributed by atoms with E-state index in [9.17, 15) is 19.5 Å². The normalized spacial score (nSPS) is 28.8. The molecule has 2 aromatic rings. The maximum absolute atomic E-state index is 14.6. The molecule has 2 bridgehead atoms. The summed E-state index contributed by atoms with van der Waals surface area (Å²) in [5.74, 6) is -1.81. The lowest BCUT2D eigenvalue weighted by atomic mass is 9.65. The fraction of sp³-hybridized carbons (Fsp3) is 0.559. The van der Waals surface area contributed by atoms with Crippen molar-refractivity contribution in [1.82, 2.24) is 10.2 Å². The number of rotatable bonds is 13. The first-order valence-corrected chi connectivity index (χ1v) is 15.7. The maximum atomic E-state index is 14.6. The maximum Gasteiger partial charge on any atom is 0.246 e.